The van der Waals surface area contributed by atoms with Crippen molar-refractivity contribution < 1.29 is 19.4 Å². The lowest BCUT2D eigenvalue weighted by Gasteiger charge is -2.20. The summed E-state index contributed by atoms with van der Waals surface area (Å²) in [7, 11) is 3.94. The lowest BCUT2D eigenvalue weighted by Crippen LogP contribution is -2.49. The van der Waals surface area contributed by atoms with Gasteiger partial charge in [-0.2, -0.15) is 0 Å². The number of carboxylic acid groups (broad SMARTS) is 1. The summed E-state index contributed by atoms with van der Waals surface area (Å²) in [5.41, 5.74) is 0. The lowest BCUT2D eigenvalue weighted by molar-refractivity contribution is -0.142. The second-order valence-corrected chi connectivity index (χ2v) is 5.20. The Morgan fingerprint density at radius 2 is 2.11 bits per heavy atom. The van der Waals surface area contributed by atoms with Crippen LogP contribution in [0.4, 0.5) is 4.79 Å². The number of nitrogens with one attached hydrogen (secondary N) is 2. The molecule has 0 aromatic heterocycles. The first kappa shape index (κ1) is 15.7. The van der Waals surface area contributed by atoms with E-state index in [4.69, 9.17) is 9.84 Å². The zero-order valence-electron chi connectivity index (χ0n) is 11.7. The average Bonchev–Trinajstić information content (AvgIpc) is 2.74. The van der Waals surface area contributed by atoms with Crippen molar-refractivity contribution in [3.05, 3.63) is 0 Å². The largest absolute Gasteiger partial charge is 0.481 e. The molecular weight excluding hydrogens is 250 g/mol. The summed E-state index contributed by atoms with van der Waals surface area (Å²) in [6.07, 6.45) is 0.837. The number of carbonyl (C=O) groups is 2. The van der Waals surface area contributed by atoms with E-state index in [9.17, 15) is 9.59 Å². The molecule has 1 aliphatic rings. The molecule has 7 nitrogen and oxygen atoms in total. The molecule has 19 heavy (non-hydrogen) atoms. The van der Waals surface area contributed by atoms with E-state index in [1.165, 1.54) is 0 Å². The fraction of sp³-hybridized carbons (Fsp3) is 0.833. The minimum Gasteiger partial charge on any atom is -0.481 e. The molecule has 3 atom stereocenters. The van der Waals surface area contributed by atoms with Gasteiger partial charge in [0.25, 0.3) is 0 Å². The Morgan fingerprint density at radius 1 is 1.42 bits per heavy atom. The van der Waals surface area contributed by atoms with Crippen molar-refractivity contribution in [2.75, 3.05) is 33.9 Å². The van der Waals surface area contributed by atoms with Crippen molar-refractivity contribution in [1.82, 2.24) is 15.5 Å². The molecule has 1 saturated heterocycles. The van der Waals surface area contributed by atoms with Crippen molar-refractivity contribution >= 4 is 12.0 Å². The van der Waals surface area contributed by atoms with E-state index < -0.39 is 17.9 Å². The summed E-state index contributed by atoms with van der Waals surface area (Å²) < 4.78 is 5.09. The van der Waals surface area contributed by atoms with Gasteiger partial charge >= 0.3 is 12.0 Å². The summed E-state index contributed by atoms with van der Waals surface area (Å²) in [4.78, 5) is 24.7. The highest BCUT2D eigenvalue weighted by molar-refractivity contribution is 5.77. The van der Waals surface area contributed by atoms with Crippen LogP contribution in [0.2, 0.25) is 0 Å². The van der Waals surface area contributed by atoms with Crippen LogP contribution in [0, 0.1) is 5.92 Å². The highest BCUT2D eigenvalue weighted by Crippen LogP contribution is 2.13. The predicted molar refractivity (Wildman–Crippen MR) is 70.0 cm³/mol. The molecule has 0 aliphatic carbocycles. The summed E-state index contributed by atoms with van der Waals surface area (Å²) in [6, 6.07) is -0.764. The van der Waals surface area contributed by atoms with Gasteiger partial charge in [0.05, 0.1) is 19.3 Å². The quantitative estimate of drug-likeness (QED) is 0.619. The van der Waals surface area contributed by atoms with Gasteiger partial charge in [-0.15, -0.1) is 0 Å². The maximum absolute atomic E-state index is 11.7. The van der Waals surface area contributed by atoms with Crippen LogP contribution in [0.5, 0.6) is 0 Å². The van der Waals surface area contributed by atoms with Crippen LogP contribution in [0.1, 0.15) is 13.3 Å². The van der Waals surface area contributed by atoms with Gasteiger partial charge < -0.3 is 25.4 Å². The van der Waals surface area contributed by atoms with Crippen LogP contribution in [-0.2, 0) is 9.53 Å². The first-order valence-corrected chi connectivity index (χ1v) is 6.42. The van der Waals surface area contributed by atoms with Crippen LogP contribution < -0.4 is 10.6 Å². The number of urea groups is 1. The molecule has 0 aromatic carbocycles. The zero-order chi connectivity index (χ0) is 14.4. The van der Waals surface area contributed by atoms with E-state index in [0.29, 0.717) is 0 Å². The van der Waals surface area contributed by atoms with Crippen molar-refractivity contribution in [2.45, 2.75) is 25.4 Å². The van der Waals surface area contributed by atoms with Crippen molar-refractivity contribution in [3.63, 3.8) is 0 Å². The molecule has 0 spiro atoms. The summed E-state index contributed by atoms with van der Waals surface area (Å²) in [5.74, 6) is -1.61. The molecule has 1 heterocycles. The van der Waals surface area contributed by atoms with Gasteiger partial charge in [0, 0.05) is 6.04 Å². The van der Waals surface area contributed by atoms with Gasteiger partial charge in [-0.1, -0.05) is 0 Å². The van der Waals surface area contributed by atoms with Gasteiger partial charge in [0.15, 0.2) is 0 Å². The van der Waals surface area contributed by atoms with Gasteiger partial charge in [-0.05, 0) is 34.0 Å². The van der Waals surface area contributed by atoms with Gasteiger partial charge in [-0.3, -0.25) is 4.79 Å². The number of aliphatic carboxylic acids is 1. The van der Waals surface area contributed by atoms with Crippen LogP contribution in [0.15, 0.2) is 0 Å². The molecule has 0 saturated carbocycles. The zero-order valence-corrected chi connectivity index (χ0v) is 11.7. The number of amides is 2. The standard InChI is InChI=1S/C12H23N3O4/c1-8(4-5-15(2)3)13-12(18)14-10-7-19-6-9(10)11(16)17/h8-10H,4-7H2,1-3H3,(H,16,17)(H2,13,14,18). The fourth-order valence-corrected chi connectivity index (χ4v) is 1.90. The Hall–Kier alpha value is -1.34. The Kier molecular flexibility index (Phi) is 6.04. The predicted octanol–water partition coefficient (Wildman–Crippen LogP) is -0.275. The molecule has 1 rings (SSSR count). The summed E-state index contributed by atoms with van der Waals surface area (Å²) in [5, 5.41) is 14.4. The molecule has 7 heteroatoms. The van der Waals surface area contributed by atoms with Crippen molar-refractivity contribution in [2.24, 2.45) is 5.92 Å². The van der Waals surface area contributed by atoms with Crippen LogP contribution >= 0.6 is 0 Å². The second kappa shape index (κ2) is 7.30. The maximum Gasteiger partial charge on any atom is 0.315 e. The van der Waals surface area contributed by atoms with Crippen LogP contribution in [0.3, 0.4) is 0 Å². The highest BCUT2D eigenvalue weighted by atomic mass is 16.5. The molecule has 110 valence electrons. The summed E-state index contributed by atoms with van der Waals surface area (Å²) in [6.45, 7) is 3.20. The van der Waals surface area contributed by atoms with E-state index >= 15 is 0 Å². The molecule has 0 radical (unpaired) electrons. The highest BCUT2D eigenvalue weighted by Gasteiger charge is 2.35. The second-order valence-electron chi connectivity index (χ2n) is 5.20. The van der Waals surface area contributed by atoms with E-state index in [2.05, 4.69) is 10.6 Å². The first-order chi connectivity index (χ1) is 8.90. The summed E-state index contributed by atoms with van der Waals surface area (Å²) >= 11 is 0. The number of hydrogen-bond donors (Lipinski definition) is 3. The third kappa shape index (κ3) is 5.44. The van der Waals surface area contributed by atoms with Gasteiger partial charge in [0.2, 0.25) is 0 Å². The monoisotopic (exact) mass is 273 g/mol. The third-order valence-electron chi connectivity index (χ3n) is 3.10. The topological polar surface area (TPSA) is 90.9 Å². The third-order valence-corrected chi connectivity index (χ3v) is 3.10. The Bertz CT molecular complexity index is 322. The minimum absolute atomic E-state index is 0.0352. The molecule has 3 unspecified atom stereocenters. The van der Waals surface area contributed by atoms with E-state index in [1.54, 1.807) is 0 Å². The number of carbonyl (C=O) groups excluding carboxylic acids is 1. The van der Waals surface area contributed by atoms with Crippen LogP contribution in [0.25, 0.3) is 0 Å². The fourth-order valence-electron chi connectivity index (χ4n) is 1.90. The van der Waals surface area contributed by atoms with Crippen molar-refractivity contribution in [3.8, 4) is 0 Å². The number of nitrogens with zero attached hydrogens (tertiary/aromatic N) is 1. The van der Waals surface area contributed by atoms with Gasteiger partial charge in [-0.25, -0.2) is 4.79 Å². The Balaban J connectivity index is 2.32. The average molecular weight is 273 g/mol. The molecule has 2 amide bonds. The Labute approximate surface area is 113 Å². The number of ether oxygens (including phenoxy) is 1. The number of rotatable bonds is 6. The van der Waals surface area contributed by atoms with Crippen molar-refractivity contribution in [1.29, 1.82) is 0 Å². The molecular formula is C12H23N3O4. The van der Waals surface area contributed by atoms with E-state index in [-0.39, 0.29) is 25.3 Å². The number of hydrogen-bond acceptors (Lipinski definition) is 4. The van der Waals surface area contributed by atoms with E-state index in [1.807, 2.05) is 25.9 Å². The molecule has 1 aliphatic heterocycles. The molecule has 1 fully saturated rings. The normalized spacial score (nSPS) is 24.2. The lowest BCUT2D eigenvalue weighted by atomic mass is 10.0. The molecule has 0 aromatic rings. The SMILES string of the molecule is CC(CCN(C)C)NC(=O)NC1COCC1C(=O)O. The molecule has 0 bridgehead atoms. The smallest absolute Gasteiger partial charge is 0.315 e. The number of carboxylic acids is 1. The van der Waals surface area contributed by atoms with E-state index in [0.717, 1.165) is 13.0 Å². The van der Waals surface area contributed by atoms with Gasteiger partial charge in [0.1, 0.15) is 5.92 Å². The van der Waals surface area contributed by atoms with Crippen LogP contribution in [-0.4, -0.2) is 67.9 Å². The minimum atomic E-state index is -0.941. The molecule has 3 N–H and O–H groups in total. The maximum atomic E-state index is 11.7. The Morgan fingerprint density at radius 3 is 2.68 bits per heavy atom. The first-order valence-electron chi connectivity index (χ1n) is 6.42.